The molecule has 3 aromatic rings. The fourth-order valence-electron chi connectivity index (χ4n) is 3.86. The molecule has 1 saturated heterocycles. The summed E-state index contributed by atoms with van der Waals surface area (Å²) in [7, 11) is 0. The lowest BCUT2D eigenvalue weighted by atomic mass is 10.0. The first-order valence-corrected chi connectivity index (χ1v) is 9.35. The Hall–Kier alpha value is -2.62. The van der Waals surface area contributed by atoms with Crippen LogP contribution in [0.2, 0.25) is 0 Å². The standard InChI is InChI=1S/C22H23FN2O/c23-17-10-8-16(9-11-17)22-19(18-6-2-3-7-20(18)24-22)12-13-21(26)25-14-4-1-5-15-25/h2-3,6-11,24H,1,4-5,12-15H2. The lowest BCUT2D eigenvalue weighted by Gasteiger charge is -2.26. The number of aromatic nitrogens is 1. The first kappa shape index (κ1) is 16.8. The number of aryl methyl sites for hydroxylation is 1. The van der Waals surface area contributed by atoms with Crippen molar-refractivity contribution in [3.63, 3.8) is 0 Å². The van der Waals surface area contributed by atoms with Crippen LogP contribution in [0, 0.1) is 5.82 Å². The van der Waals surface area contributed by atoms with Crippen LogP contribution in [0.3, 0.4) is 0 Å². The van der Waals surface area contributed by atoms with Gasteiger partial charge < -0.3 is 9.88 Å². The number of halogens is 1. The van der Waals surface area contributed by atoms with E-state index in [0.29, 0.717) is 12.8 Å². The average Bonchev–Trinajstić information content (AvgIpc) is 3.06. The Morgan fingerprint density at radius 1 is 1.00 bits per heavy atom. The van der Waals surface area contributed by atoms with Gasteiger partial charge in [-0.05, 0) is 67.1 Å². The maximum absolute atomic E-state index is 13.3. The molecule has 0 atom stereocenters. The van der Waals surface area contributed by atoms with Gasteiger partial charge in [0.25, 0.3) is 0 Å². The van der Waals surface area contributed by atoms with Crippen LogP contribution in [0.1, 0.15) is 31.2 Å². The third-order valence-corrected chi connectivity index (χ3v) is 5.24. The second-order valence-electron chi connectivity index (χ2n) is 6.97. The summed E-state index contributed by atoms with van der Waals surface area (Å²) in [4.78, 5) is 18.0. The molecule has 1 N–H and O–H groups in total. The number of aromatic amines is 1. The maximum atomic E-state index is 13.3. The van der Waals surface area contributed by atoms with Gasteiger partial charge in [-0.2, -0.15) is 0 Å². The SMILES string of the molecule is O=C(CCc1c(-c2ccc(F)cc2)[nH]c2ccccc12)N1CCCCC1. The summed E-state index contributed by atoms with van der Waals surface area (Å²) >= 11 is 0. The number of benzene rings is 2. The van der Waals surface area contributed by atoms with E-state index in [2.05, 4.69) is 11.1 Å². The van der Waals surface area contributed by atoms with E-state index < -0.39 is 0 Å². The number of fused-ring (bicyclic) bond motifs is 1. The van der Waals surface area contributed by atoms with Crippen LogP contribution < -0.4 is 0 Å². The molecule has 1 aromatic heterocycles. The van der Waals surface area contributed by atoms with Gasteiger partial charge in [0.15, 0.2) is 0 Å². The lowest BCUT2D eigenvalue weighted by Crippen LogP contribution is -2.35. The van der Waals surface area contributed by atoms with Gasteiger partial charge in [-0.15, -0.1) is 0 Å². The summed E-state index contributed by atoms with van der Waals surface area (Å²) in [6.45, 7) is 1.77. The summed E-state index contributed by atoms with van der Waals surface area (Å²) in [6, 6.07) is 14.7. The number of nitrogens with one attached hydrogen (secondary N) is 1. The normalized spacial score (nSPS) is 14.7. The Bertz CT molecular complexity index is 908. The molecule has 2 aromatic carbocycles. The molecule has 1 aliphatic heterocycles. The molecule has 0 unspecified atom stereocenters. The number of likely N-dealkylation sites (tertiary alicyclic amines) is 1. The van der Waals surface area contributed by atoms with Crippen molar-refractivity contribution in [2.45, 2.75) is 32.1 Å². The number of H-pyrrole nitrogens is 1. The fraction of sp³-hybridized carbons (Fsp3) is 0.318. The van der Waals surface area contributed by atoms with Crippen LogP contribution in [0.5, 0.6) is 0 Å². The van der Waals surface area contributed by atoms with Crippen LogP contribution in [-0.4, -0.2) is 28.9 Å². The number of nitrogens with zero attached hydrogens (tertiary/aromatic N) is 1. The van der Waals surface area contributed by atoms with E-state index in [0.717, 1.165) is 53.7 Å². The Kier molecular flexibility index (Phi) is 4.74. The summed E-state index contributed by atoms with van der Waals surface area (Å²) < 4.78 is 13.3. The highest BCUT2D eigenvalue weighted by Crippen LogP contribution is 2.31. The van der Waals surface area contributed by atoms with Crippen LogP contribution in [0.4, 0.5) is 4.39 Å². The van der Waals surface area contributed by atoms with Gasteiger partial charge in [-0.25, -0.2) is 4.39 Å². The molecule has 4 heteroatoms. The Balaban J connectivity index is 1.63. The van der Waals surface area contributed by atoms with E-state index >= 15 is 0 Å². The van der Waals surface area contributed by atoms with Gasteiger partial charge in [0.1, 0.15) is 5.82 Å². The molecule has 0 saturated carbocycles. The Morgan fingerprint density at radius 2 is 1.73 bits per heavy atom. The van der Waals surface area contributed by atoms with Crippen molar-refractivity contribution in [1.82, 2.24) is 9.88 Å². The van der Waals surface area contributed by atoms with E-state index in [1.807, 2.05) is 23.1 Å². The molecule has 4 rings (SSSR count). The highest BCUT2D eigenvalue weighted by Gasteiger charge is 2.19. The van der Waals surface area contributed by atoms with E-state index in [4.69, 9.17) is 0 Å². The molecular formula is C22H23FN2O. The molecular weight excluding hydrogens is 327 g/mol. The number of amides is 1. The van der Waals surface area contributed by atoms with Gasteiger partial charge >= 0.3 is 0 Å². The smallest absolute Gasteiger partial charge is 0.222 e. The van der Waals surface area contributed by atoms with Crippen molar-refractivity contribution in [1.29, 1.82) is 0 Å². The fourth-order valence-corrected chi connectivity index (χ4v) is 3.86. The largest absolute Gasteiger partial charge is 0.354 e. The van der Waals surface area contributed by atoms with Crippen molar-refractivity contribution in [3.05, 3.63) is 59.9 Å². The highest BCUT2D eigenvalue weighted by atomic mass is 19.1. The van der Waals surface area contributed by atoms with Gasteiger partial charge in [-0.1, -0.05) is 18.2 Å². The molecule has 0 spiro atoms. The summed E-state index contributed by atoms with van der Waals surface area (Å²) in [6.07, 6.45) is 4.64. The molecule has 1 amide bonds. The zero-order chi connectivity index (χ0) is 17.9. The van der Waals surface area contributed by atoms with Gasteiger partial charge in [0.05, 0.1) is 0 Å². The highest BCUT2D eigenvalue weighted by molar-refractivity contribution is 5.91. The van der Waals surface area contributed by atoms with Gasteiger partial charge in [0, 0.05) is 36.1 Å². The Morgan fingerprint density at radius 3 is 2.50 bits per heavy atom. The number of hydrogen-bond donors (Lipinski definition) is 1. The number of rotatable bonds is 4. The topological polar surface area (TPSA) is 36.1 Å². The molecule has 1 fully saturated rings. The first-order valence-electron chi connectivity index (χ1n) is 9.35. The van der Waals surface area contributed by atoms with Crippen molar-refractivity contribution in [3.8, 4) is 11.3 Å². The second kappa shape index (κ2) is 7.32. The molecule has 3 nitrogen and oxygen atoms in total. The van der Waals surface area contributed by atoms with Crippen molar-refractivity contribution in [2.24, 2.45) is 0 Å². The Labute approximate surface area is 152 Å². The monoisotopic (exact) mass is 350 g/mol. The predicted molar refractivity (Wildman–Crippen MR) is 102 cm³/mol. The lowest BCUT2D eigenvalue weighted by molar-refractivity contribution is -0.132. The maximum Gasteiger partial charge on any atom is 0.222 e. The third-order valence-electron chi connectivity index (χ3n) is 5.24. The van der Waals surface area contributed by atoms with Crippen LogP contribution >= 0.6 is 0 Å². The molecule has 0 radical (unpaired) electrons. The zero-order valence-electron chi connectivity index (χ0n) is 14.8. The second-order valence-corrected chi connectivity index (χ2v) is 6.97. The van der Waals surface area contributed by atoms with Gasteiger partial charge in [0.2, 0.25) is 5.91 Å². The average molecular weight is 350 g/mol. The van der Waals surface area contributed by atoms with E-state index in [1.165, 1.54) is 18.6 Å². The summed E-state index contributed by atoms with van der Waals surface area (Å²) in [5.74, 6) is -0.00766. The summed E-state index contributed by atoms with van der Waals surface area (Å²) in [5, 5.41) is 1.14. The molecule has 1 aliphatic rings. The third kappa shape index (κ3) is 3.36. The minimum Gasteiger partial charge on any atom is -0.354 e. The predicted octanol–water partition coefficient (Wildman–Crippen LogP) is 4.92. The molecule has 134 valence electrons. The van der Waals surface area contributed by atoms with Crippen LogP contribution in [0.15, 0.2) is 48.5 Å². The van der Waals surface area contributed by atoms with Crippen LogP contribution in [-0.2, 0) is 11.2 Å². The van der Waals surface area contributed by atoms with Crippen molar-refractivity contribution >= 4 is 16.8 Å². The molecule has 0 aliphatic carbocycles. The number of piperidine rings is 1. The quantitative estimate of drug-likeness (QED) is 0.712. The number of para-hydroxylation sites is 1. The first-order chi connectivity index (χ1) is 12.7. The van der Waals surface area contributed by atoms with Crippen molar-refractivity contribution in [2.75, 3.05) is 13.1 Å². The van der Waals surface area contributed by atoms with E-state index in [1.54, 1.807) is 12.1 Å². The minimum absolute atomic E-state index is 0.236. The van der Waals surface area contributed by atoms with Crippen molar-refractivity contribution < 1.29 is 9.18 Å². The van der Waals surface area contributed by atoms with Crippen LogP contribution in [0.25, 0.3) is 22.2 Å². The molecule has 2 heterocycles. The number of carbonyl (C=O) groups is 1. The summed E-state index contributed by atoms with van der Waals surface area (Å²) in [5.41, 5.74) is 4.12. The molecule has 26 heavy (non-hydrogen) atoms. The van der Waals surface area contributed by atoms with Gasteiger partial charge in [-0.3, -0.25) is 4.79 Å². The number of carbonyl (C=O) groups excluding carboxylic acids is 1. The van der Waals surface area contributed by atoms with E-state index in [-0.39, 0.29) is 11.7 Å². The zero-order valence-corrected chi connectivity index (χ0v) is 14.8. The van der Waals surface area contributed by atoms with E-state index in [9.17, 15) is 9.18 Å². The number of hydrogen-bond acceptors (Lipinski definition) is 1. The molecule has 0 bridgehead atoms. The minimum atomic E-state index is -0.244.